The summed E-state index contributed by atoms with van der Waals surface area (Å²) in [6, 6.07) is 3.57. The van der Waals surface area contributed by atoms with Gasteiger partial charge in [0, 0.05) is 12.0 Å². The molecule has 1 unspecified atom stereocenters. The first-order valence-corrected chi connectivity index (χ1v) is 8.74. The van der Waals surface area contributed by atoms with Crippen molar-refractivity contribution in [2.75, 3.05) is 0 Å². The third kappa shape index (κ3) is 2.26. The predicted octanol–water partition coefficient (Wildman–Crippen LogP) is 3.10. The molecule has 5 rings (SSSR count). The zero-order chi connectivity index (χ0) is 17.3. The normalized spacial score (nSPS) is 37.8. The molecule has 3 aliphatic carbocycles. The number of nitrogens with two attached hydrogens (primary N) is 1. The highest BCUT2D eigenvalue weighted by molar-refractivity contribution is 6.47. The standard InChI is InChI=1S/C18H24BF2NO2/c1-17(2)11-7-14(17)18(3)15(8-11)23-19(24-18)16(22)6-10-4-5-12(20)9-13(10)21/h4-5,9,11,14-16H,6-8,22H2,1-3H3/t11?,14-,15+,16-,18-/m0/s1. The molecule has 0 radical (unpaired) electrons. The van der Waals surface area contributed by atoms with Gasteiger partial charge in [-0.1, -0.05) is 19.9 Å². The first-order valence-electron chi connectivity index (χ1n) is 8.74. The molecule has 4 fully saturated rings. The highest BCUT2D eigenvalue weighted by Crippen LogP contribution is 2.65. The molecule has 0 spiro atoms. The van der Waals surface area contributed by atoms with E-state index < -0.39 is 24.7 Å². The van der Waals surface area contributed by atoms with Gasteiger partial charge in [0.15, 0.2) is 0 Å². The second-order valence-corrected chi connectivity index (χ2v) is 8.44. The monoisotopic (exact) mass is 335 g/mol. The molecule has 3 nitrogen and oxygen atoms in total. The van der Waals surface area contributed by atoms with Crippen molar-refractivity contribution in [3.8, 4) is 0 Å². The molecule has 130 valence electrons. The van der Waals surface area contributed by atoms with E-state index in [2.05, 4.69) is 20.8 Å². The van der Waals surface area contributed by atoms with Gasteiger partial charge in [-0.3, -0.25) is 0 Å². The van der Waals surface area contributed by atoms with Crippen LogP contribution in [0.1, 0.15) is 39.2 Å². The van der Waals surface area contributed by atoms with E-state index in [0.29, 0.717) is 17.4 Å². The Morgan fingerprint density at radius 1 is 1.29 bits per heavy atom. The Balaban J connectivity index is 1.48. The Labute approximate surface area is 142 Å². The van der Waals surface area contributed by atoms with Crippen LogP contribution < -0.4 is 5.73 Å². The SMILES string of the molecule is CC1(C)C2C[C@H]3OB([C@@H](N)Cc4ccc(F)cc4F)O[C@@]3(C)[C@H]1C2. The molecule has 1 aromatic carbocycles. The quantitative estimate of drug-likeness (QED) is 0.864. The van der Waals surface area contributed by atoms with E-state index in [4.69, 9.17) is 15.0 Å². The van der Waals surface area contributed by atoms with Gasteiger partial charge in [0.25, 0.3) is 0 Å². The molecule has 1 aliphatic heterocycles. The van der Waals surface area contributed by atoms with Crippen molar-refractivity contribution in [3.05, 3.63) is 35.4 Å². The van der Waals surface area contributed by atoms with Gasteiger partial charge in [-0.15, -0.1) is 0 Å². The van der Waals surface area contributed by atoms with E-state index in [1.54, 1.807) is 0 Å². The van der Waals surface area contributed by atoms with Gasteiger partial charge in [0.2, 0.25) is 0 Å². The van der Waals surface area contributed by atoms with Crippen LogP contribution in [0.4, 0.5) is 8.78 Å². The Hall–Kier alpha value is -0.975. The summed E-state index contributed by atoms with van der Waals surface area (Å²) in [5, 5.41) is 0. The van der Waals surface area contributed by atoms with E-state index in [-0.39, 0.29) is 23.5 Å². The van der Waals surface area contributed by atoms with Gasteiger partial charge >= 0.3 is 7.12 Å². The summed E-state index contributed by atoms with van der Waals surface area (Å²) < 4.78 is 39.3. The van der Waals surface area contributed by atoms with Crippen LogP contribution in [0.5, 0.6) is 0 Å². The zero-order valence-corrected chi connectivity index (χ0v) is 14.4. The fourth-order valence-electron chi connectivity index (χ4n) is 5.12. The first kappa shape index (κ1) is 16.5. The van der Waals surface area contributed by atoms with E-state index in [0.717, 1.165) is 12.5 Å². The number of hydrogen-bond donors (Lipinski definition) is 1. The fourth-order valence-corrected chi connectivity index (χ4v) is 5.12. The van der Waals surface area contributed by atoms with Crippen LogP contribution in [0, 0.1) is 28.9 Å². The van der Waals surface area contributed by atoms with Gasteiger partial charge in [0.1, 0.15) is 11.6 Å². The molecular formula is C18H24BF2NO2. The molecule has 4 aliphatic rings. The lowest BCUT2D eigenvalue weighted by molar-refractivity contribution is -0.199. The minimum absolute atomic E-state index is 0.0587. The van der Waals surface area contributed by atoms with Crippen molar-refractivity contribution in [2.45, 2.75) is 57.7 Å². The maximum atomic E-state index is 13.9. The second-order valence-electron chi connectivity index (χ2n) is 8.44. The third-order valence-electron chi connectivity index (χ3n) is 6.79. The number of rotatable bonds is 3. The summed E-state index contributed by atoms with van der Waals surface area (Å²) in [6.45, 7) is 6.74. The average Bonchev–Trinajstić information content (AvgIpc) is 2.86. The van der Waals surface area contributed by atoms with Crippen molar-refractivity contribution in [1.82, 2.24) is 0 Å². The van der Waals surface area contributed by atoms with Crippen molar-refractivity contribution >= 4 is 7.12 Å². The highest BCUT2D eigenvalue weighted by Gasteiger charge is 2.68. The van der Waals surface area contributed by atoms with Gasteiger partial charge in [-0.25, -0.2) is 8.78 Å². The van der Waals surface area contributed by atoms with E-state index in [9.17, 15) is 8.78 Å². The Morgan fingerprint density at radius 3 is 2.71 bits per heavy atom. The minimum Gasteiger partial charge on any atom is -0.404 e. The molecule has 2 bridgehead atoms. The van der Waals surface area contributed by atoms with Crippen LogP contribution in [0.15, 0.2) is 18.2 Å². The lowest BCUT2D eigenvalue weighted by atomic mass is 9.43. The molecule has 1 heterocycles. The van der Waals surface area contributed by atoms with Crippen LogP contribution in [-0.2, 0) is 15.7 Å². The van der Waals surface area contributed by atoms with E-state index >= 15 is 0 Å². The van der Waals surface area contributed by atoms with Gasteiger partial charge in [-0.2, -0.15) is 0 Å². The molecule has 0 aromatic heterocycles. The van der Waals surface area contributed by atoms with E-state index in [1.165, 1.54) is 18.6 Å². The molecule has 0 amide bonds. The first-order chi connectivity index (χ1) is 11.2. The summed E-state index contributed by atoms with van der Waals surface area (Å²) in [5.41, 5.74) is 6.59. The minimum atomic E-state index is -0.585. The van der Waals surface area contributed by atoms with Crippen molar-refractivity contribution in [1.29, 1.82) is 0 Å². The van der Waals surface area contributed by atoms with Crippen molar-refractivity contribution < 1.29 is 18.1 Å². The number of halogens is 2. The lowest BCUT2D eigenvalue weighted by Crippen LogP contribution is -2.65. The van der Waals surface area contributed by atoms with Crippen LogP contribution in [0.25, 0.3) is 0 Å². The summed E-state index contributed by atoms with van der Waals surface area (Å²) in [6.07, 6.45) is 2.49. The molecule has 3 saturated carbocycles. The molecule has 2 N–H and O–H groups in total. The maximum absolute atomic E-state index is 13.9. The smallest absolute Gasteiger partial charge is 0.404 e. The molecule has 1 aromatic rings. The maximum Gasteiger partial charge on any atom is 0.475 e. The van der Waals surface area contributed by atoms with Gasteiger partial charge in [-0.05, 0) is 55.1 Å². The largest absolute Gasteiger partial charge is 0.475 e. The predicted molar refractivity (Wildman–Crippen MR) is 88.1 cm³/mol. The van der Waals surface area contributed by atoms with Gasteiger partial charge in [0.05, 0.1) is 11.7 Å². The average molecular weight is 335 g/mol. The second kappa shape index (κ2) is 5.26. The van der Waals surface area contributed by atoms with Crippen molar-refractivity contribution in [3.63, 3.8) is 0 Å². The zero-order valence-electron chi connectivity index (χ0n) is 14.4. The third-order valence-corrected chi connectivity index (χ3v) is 6.79. The van der Waals surface area contributed by atoms with E-state index in [1.807, 2.05) is 0 Å². The summed E-state index contributed by atoms with van der Waals surface area (Å²) >= 11 is 0. The Bertz CT molecular complexity index is 670. The van der Waals surface area contributed by atoms with Gasteiger partial charge < -0.3 is 15.0 Å². The fraction of sp³-hybridized carbons (Fsp3) is 0.667. The lowest BCUT2D eigenvalue weighted by Gasteiger charge is -2.64. The topological polar surface area (TPSA) is 44.5 Å². The number of benzene rings is 1. The molecule has 24 heavy (non-hydrogen) atoms. The molecule has 6 heteroatoms. The summed E-state index contributed by atoms with van der Waals surface area (Å²) in [7, 11) is -0.542. The molecule has 1 saturated heterocycles. The number of hydrogen-bond acceptors (Lipinski definition) is 3. The van der Waals surface area contributed by atoms with Crippen LogP contribution in [0.2, 0.25) is 0 Å². The molecule has 5 atom stereocenters. The van der Waals surface area contributed by atoms with Crippen molar-refractivity contribution in [2.24, 2.45) is 23.0 Å². The summed E-state index contributed by atoms with van der Waals surface area (Å²) in [5.74, 6) is -0.496. The highest BCUT2D eigenvalue weighted by atomic mass is 19.1. The molecular weight excluding hydrogens is 311 g/mol. The van der Waals surface area contributed by atoms with Crippen LogP contribution in [0.3, 0.4) is 0 Å². The van der Waals surface area contributed by atoms with Crippen LogP contribution in [-0.4, -0.2) is 24.8 Å². The Morgan fingerprint density at radius 2 is 2.04 bits per heavy atom. The van der Waals surface area contributed by atoms with Crippen LogP contribution >= 0.6 is 0 Å². The Kier molecular flexibility index (Phi) is 3.61. The summed E-state index contributed by atoms with van der Waals surface area (Å²) in [4.78, 5) is 0.